The van der Waals surface area contributed by atoms with Crippen molar-refractivity contribution < 1.29 is 21.7 Å². The van der Waals surface area contributed by atoms with E-state index in [9.17, 15) is 0 Å². The van der Waals surface area contributed by atoms with Crippen molar-refractivity contribution in [1.82, 2.24) is 0 Å². The Bertz CT molecular complexity index is 150. The van der Waals surface area contributed by atoms with E-state index in [1.165, 1.54) is 0 Å². The molecule has 44 valence electrons. The summed E-state index contributed by atoms with van der Waals surface area (Å²) in [5.41, 5.74) is 0. The summed E-state index contributed by atoms with van der Waals surface area (Å²) < 4.78 is 0. The van der Waals surface area contributed by atoms with Crippen LogP contribution in [0.1, 0.15) is 0 Å². The molecule has 1 rings (SSSR count). The van der Waals surface area contributed by atoms with Crippen LogP contribution in [0.4, 0.5) is 0 Å². The molecule has 0 saturated heterocycles. The van der Waals surface area contributed by atoms with E-state index in [4.69, 9.17) is 0 Å². The van der Waals surface area contributed by atoms with Gasteiger partial charge in [-0.25, -0.2) is 0 Å². The zero-order chi connectivity index (χ0) is 5.82. The first-order valence-electron chi connectivity index (χ1n) is 2.97. The summed E-state index contributed by atoms with van der Waals surface area (Å²) in [5.74, 6) is 0. The molecule has 0 saturated carbocycles. The Morgan fingerprint density at radius 3 is 2.00 bits per heavy atom. The number of hydrogen-bond acceptors (Lipinski definition) is 0. The van der Waals surface area contributed by atoms with Crippen molar-refractivity contribution in [2.24, 2.45) is 0 Å². The van der Waals surface area contributed by atoms with E-state index < -0.39 is 0 Å². The third kappa shape index (κ3) is 2.99. The van der Waals surface area contributed by atoms with Crippen molar-refractivity contribution in [3.63, 3.8) is 0 Å². The molecule has 0 nitrogen and oxygen atoms in total. The molecule has 0 radical (unpaired) electrons. The van der Waals surface area contributed by atoms with Gasteiger partial charge in [0.2, 0.25) is 0 Å². The van der Waals surface area contributed by atoms with Crippen LogP contribution in [0.25, 0.3) is 0 Å². The average Bonchev–Trinajstić information content (AvgIpc) is 1.90. The molecule has 2 heteroatoms. The Kier molecular flexibility index (Phi) is 5.06. The topological polar surface area (TPSA) is 0 Å². The predicted molar refractivity (Wildman–Crippen MR) is 40.5 cm³/mol. The van der Waals surface area contributed by atoms with Gasteiger partial charge >= 0.3 is 21.7 Å². The summed E-state index contributed by atoms with van der Waals surface area (Å²) >= 11 is 0. The number of hydrogen-bond donors (Lipinski definition) is 0. The zero-order valence-corrected chi connectivity index (χ0v) is 8.57. The summed E-state index contributed by atoms with van der Waals surface area (Å²) in [7, 11) is 0.0913. The molecule has 0 fully saturated rings. The molecule has 0 N–H and O–H groups in total. The molecule has 0 amide bonds. The molecule has 0 heterocycles. The Hall–Kier alpha value is 0.151. The minimum Gasteiger partial charge on any atom is -0.0708 e. The van der Waals surface area contributed by atoms with Crippen molar-refractivity contribution in [2.75, 3.05) is 0 Å². The Morgan fingerprint density at radius 2 is 1.67 bits per heavy atom. The van der Waals surface area contributed by atoms with E-state index in [0.717, 1.165) is 0 Å². The second-order valence-electron chi connectivity index (χ2n) is 1.84. The van der Waals surface area contributed by atoms with Crippen LogP contribution in [-0.4, -0.2) is 9.52 Å². The van der Waals surface area contributed by atoms with E-state index in [1.54, 1.807) is 5.19 Å². The van der Waals surface area contributed by atoms with Gasteiger partial charge in [0.15, 0.2) is 0 Å². The average molecular weight is 170 g/mol. The fraction of sp³-hybridized carbons (Fsp3) is 0.143. The normalized spacial score (nSPS) is 9.44. The number of benzene rings is 1. The van der Waals surface area contributed by atoms with Crippen LogP contribution in [-0.2, 0) is 21.7 Å². The Balaban J connectivity index is 0.000000640. The van der Waals surface area contributed by atoms with Crippen molar-refractivity contribution in [3.05, 3.63) is 30.3 Å². The smallest absolute Gasteiger partial charge is 0.0708 e. The van der Waals surface area contributed by atoms with Crippen molar-refractivity contribution >= 4 is 14.7 Å². The molecule has 0 atom stereocenters. The van der Waals surface area contributed by atoms with E-state index >= 15 is 0 Å². The molecule has 0 aliphatic heterocycles. The van der Waals surface area contributed by atoms with Gasteiger partial charge in [0.25, 0.3) is 0 Å². The van der Waals surface area contributed by atoms with Crippen LogP contribution < -0.4 is 5.19 Å². The van der Waals surface area contributed by atoms with Gasteiger partial charge in [-0.15, -0.1) is 0 Å². The minimum absolute atomic E-state index is 0. The van der Waals surface area contributed by atoms with Gasteiger partial charge in [-0.1, -0.05) is 42.1 Å². The minimum atomic E-state index is 0. The monoisotopic (exact) mass is 170 g/mol. The molecule has 0 aliphatic rings. The van der Waals surface area contributed by atoms with Gasteiger partial charge in [0.1, 0.15) is 0 Å². The molecular formula is C7H10SiTi+2. The third-order valence-corrected chi connectivity index (χ3v) is 2.54. The van der Waals surface area contributed by atoms with Crippen molar-refractivity contribution in [2.45, 2.75) is 6.55 Å². The van der Waals surface area contributed by atoms with Gasteiger partial charge in [-0.3, -0.25) is 0 Å². The van der Waals surface area contributed by atoms with Gasteiger partial charge in [0, 0.05) is 0 Å². The van der Waals surface area contributed by atoms with Gasteiger partial charge in [-0.2, -0.15) is 0 Å². The van der Waals surface area contributed by atoms with E-state index in [0.29, 0.717) is 0 Å². The summed E-state index contributed by atoms with van der Waals surface area (Å²) in [4.78, 5) is 0. The first kappa shape index (κ1) is 9.15. The SMILES string of the molecule is C[SiH2]c1ccccc1.[Ti+2]. The molecule has 0 aliphatic carbocycles. The fourth-order valence-electron chi connectivity index (χ4n) is 0.714. The molecule has 1 aromatic rings. The van der Waals surface area contributed by atoms with Gasteiger partial charge in [0.05, 0.1) is 9.52 Å². The van der Waals surface area contributed by atoms with Crippen molar-refractivity contribution in [1.29, 1.82) is 0 Å². The summed E-state index contributed by atoms with van der Waals surface area (Å²) in [5, 5.41) is 1.55. The molecule has 0 aromatic heterocycles. The molecule has 1 aromatic carbocycles. The quantitative estimate of drug-likeness (QED) is 0.539. The van der Waals surface area contributed by atoms with Crippen LogP contribution in [0.15, 0.2) is 30.3 Å². The standard InChI is InChI=1S/C7H10Si.Ti/c1-8-7-5-3-2-4-6-7;/h2-6H,8H2,1H3;/q;+2. The first-order valence-corrected chi connectivity index (χ1v) is 5.09. The van der Waals surface area contributed by atoms with Crippen LogP contribution in [0.3, 0.4) is 0 Å². The summed E-state index contributed by atoms with van der Waals surface area (Å²) in [6, 6.07) is 10.7. The van der Waals surface area contributed by atoms with Crippen LogP contribution in [0.2, 0.25) is 6.55 Å². The molecule has 9 heavy (non-hydrogen) atoms. The maximum absolute atomic E-state index is 2.30. The number of rotatable bonds is 1. The van der Waals surface area contributed by atoms with E-state index in [2.05, 4.69) is 36.9 Å². The fourth-order valence-corrected chi connectivity index (χ4v) is 1.46. The first-order chi connectivity index (χ1) is 3.93. The maximum atomic E-state index is 2.30. The second-order valence-corrected chi connectivity index (χ2v) is 3.36. The van der Waals surface area contributed by atoms with Crippen LogP contribution >= 0.6 is 0 Å². The van der Waals surface area contributed by atoms with Crippen LogP contribution in [0, 0.1) is 0 Å². The van der Waals surface area contributed by atoms with E-state index in [-0.39, 0.29) is 31.2 Å². The van der Waals surface area contributed by atoms with E-state index in [1.807, 2.05) is 0 Å². The zero-order valence-electron chi connectivity index (χ0n) is 5.59. The van der Waals surface area contributed by atoms with Gasteiger partial charge in [-0.05, 0) is 0 Å². The predicted octanol–water partition coefficient (Wildman–Crippen LogP) is 0.526. The molecule has 0 bridgehead atoms. The molecule has 0 unspecified atom stereocenters. The van der Waals surface area contributed by atoms with Crippen molar-refractivity contribution in [3.8, 4) is 0 Å². The molecule has 0 spiro atoms. The molecular weight excluding hydrogens is 160 g/mol. The van der Waals surface area contributed by atoms with Crippen LogP contribution in [0.5, 0.6) is 0 Å². The summed E-state index contributed by atoms with van der Waals surface area (Å²) in [6.07, 6.45) is 0. The largest absolute Gasteiger partial charge is 2.00 e. The third-order valence-electron chi connectivity index (χ3n) is 1.25. The Morgan fingerprint density at radius 1 is 1.11 bits per heavy atom. The maximum Gasteiger partial charge on any atom is 2.00 e. The van der Waals surface area contributed by atoms with Gasteiger partial charge < -0.3 is 0 Å². The Labute approximate surface area is 73.4 Å². The summed E-state index contributed by atoms with van der Waals surface area (Å²) in [6.45, 7) is 2.30. The second kappa shape index (κ2) is 4.98.